The van der Waals surface area contributed by atoms with Crippen molar-refractivity contribution in [3.05, 3.63) is 23.8 Å². The lowest BCUT2D eigenvalue weighted by atomic mass is 9.94. The number of ether oxygens (including phenoxy) is 4. The van der Waals surface area contributed by atoms with E-state index >= 15 is 0 Å². The molecule has 2 N–H and O–H groups in total. The number of guanidine groups is 1. The van der Waals surface area contributed by atoms with Crippen molar-refractivity contribution >= 4 is 5.96 Å². The maximum absolute atomic E-state index is 12.7. The highest BCUT2D eigenvalue weighted by Crippen LogP contribution is 2.26. The molecule has 28 heavy (non-hydrogen) atoms. The van der Waals surface area contributed by atoms with Crippen LogP contribution in [0.2, 0.25) is 0 Å². The van der Waals surface area contributed by atoms with Crippen LogP contribution in [0, 0.1) is 0 Å². The molecule has 7 nitrogen and oxygen atoms in total. The van der Waals surface area contributed by atoms with E-state index in [2.05, 4.69) is 20.4 Å². The highest BCUT2D eigenvalue weighted by Gasteiger charge is 2.32. The van der Waals surface area contributed by atoms with E-state index < -0.39 is 6.61 Å². The lowest BCUT2D eigenvalue weighted by molar-refractivity contribution is -0.0855. The molecule has 0 spiro atoms. The molecule has 1 aliphatic rings. The average Bonchev–Trinajstić information content (AvgIpc) is 2.71. The van der Waals surface area contributed by atoms with Crippen LogP contribution in [0.3, 0.4) is 0 Å². The molecule has 1 heterocycles. The largest absolute Gasteiger partial charge is 0.497 e. The van der Waals surface area contributed by atoms with E-state index in [9.17, 15) is 8.78 Å². The van der Waals surface area contributed by atoms with Gasteiger partial charge in [-0.3, -0.25) is 0 Å². The summed E-state index contributed by atoms with van der Waals surface area (Å²) in [4.78, 5) is 4.50. The maximum Gasteiger partial charge on any atom is 0.387 e. The zero-order valence-electron chi connectivity index (χ0n) is 16.6. The molecule has 0 unspecified atom stereocenters. The van der Waals surface area contributed by atoms with E-state index in [-0.39, 0.29) is 17.9 Å². The first-order valence-corrected chi connectivity index (χ1v) is 9.28. The van der Waals surface area contributed by atoms with Crippen LogP contribution < -0.4 is 20.1 Å². The summed E-state index contributed by atoms with van der Waals surface area (Å²) in [5.74, 6) is 1.19. The average molecular weight is 401 g/mol. The van der Waals surface area contributed by atoms with Gasteiger partial charge in [-0.25, -0.2) is 4.99 Å². The predicted molar refractivity (Wildman–Crippen MR) is 102 cm³/mol. The molecule has 0 aromatic heterocycles. The fourth-order valence-corrected chi connectivity index (χ4v) is 2.96. The molecular formula is C19H29F2N3O4. The van der Waals surface area contributed by atoms with Gasteiger partial charge in [0, 0.05) is 51.8 Å². The molecule has 1 aromatic rings. The molecule has 1 aromatic carbocycles. The molecular weight excluding hydrogens is 372 g/mol. The van der Waals surface area contributed by atoms with Crippen LogP contribution in [0.5, 0.6) is 11.5 Å². The van der Waals surface area contributed by atoms with E-state index in [0.29, 0.717) is 43.6 Å². The van der Waals surface area contributed by atoms with Gasteiger partial charge in [-0.05, 0) is 25.1 Å². The van der Waals surface area contributed by atoms with Crippen molar-refractivity contribution in [2.45, 2.75) is 38.5 Å². The molecule has 0 saturated carbocycles. The quantitative estimate of drug-likeness (QED) is 0.489. The molecule has 0 radical (unpaired) electrons. The van der Waals surface area contributed by atoms with Gasteiger partial charge in [0.1, 0.15) is 11.5 Å². The number of aliphatic imine (C=N–C) groups is 1. The summed E-state index contributed by atoms with van der Waals surface area (Å²) in [5.41, 5.74) is 0.193. The molecule has 2 rings (SSSR count). The fourth-order valence-electron chi connectivity index (χ4n) is 2.96. The first-order chi connectivity index (χ1) is 13.5. The smallest absolute Gasteiger partial charge is 0.387 e. The van der Waals surface area contributed by atoms with Gasteiger partial charge in [0.25, 0.3) is 0 Å². The van der Waals surface area contributed by atoms with Crippen molar-refractivity contribution in [1.29, 1.82) is 0 Å². The zero-order valence-corrected chi connectivity index (χ0v) is 16.6. The molecule has 1 saturated heterocycles. The summed E-state index contributed by atoms with van der Waals surface area (Å²) < 4.78 is 46.2. The van der Waals surface area contributed by atoms with Gasteiger partial charge in [-0.1, -0.05) is 0 Å². The minimum atomic E-state index is -2.91. The van der Waals surface area contributed by atoms with Crippen LogP contribution in [-0.4, -0.2) is 58.7 Å². The lowest BCUT2D eigenvalue weighted by Gasteiger charge is -2.36. The van der Waals surface area contributed by atoms with Crippen molar-refractivity contribution < 1.29 is 27.7 Å². The van der Waals surface area contributed by atoms with E-state index in [4.69, 9.17) is 14.2 Å². The monoisotopic (exact) mass is 401 g/mol. The zero-order chi connectivity index (χ0) is 20.4. The van der Waals surface area contributed by atoms with Crippen molar-refractivity contribution in [2.24, 2.45) is 4.99 Å². The standard InChI is InChI=1S/C19H29F2N3O4/c1-4-22-18(24-13-19(26-3)7-9-27-10-8-19)23-12-14-11-15(25-2)5-6-16(14)28-17(20)21/h5-6,11,17H,4,7-10,12-13H2,1-3H3,(H2,22,23,24). The van der Waals surface area contributed by atoms with Crippen molar-refractivity contribution in [3.8, 4) is 11.5 Å². The number of benzene rings is 1. The van der Waals surface area contributed by atoms with Gasteiger partial charge in [0.05, 0.1) is 19.3 Å². The van der Waals surface area contributed by atoms with E-state index in [0.717, 1.165) is 12.8 Å². The van der Waals surface area contributed by atoms with Crippen LogP contribution in [0.25, 0.3) is 0 Å². The normalized spacial score (nSPS) is 16.7. The molecule has 1 aliphatic heterocycles. The summed E-state index contributed by atoms with van der Waals surface area (Å²) in [6, 6.07) is 4.67. The molecule has 1 fully saturated rings. The molecule has 0 amide bonds. The molecule has 0 bridgehead atoms. The second kappa shape index (κ2) is 11.0. The van der Waals surface area contributed by atoms with Crippen LogP contribution >= 0.6 is 0 Å². The van der Waals surface area contributed by atoms with Gasteiger partial charge in [-0.15, -0.1) is 0 Å². The van der Waals surface area contributed by atoms with Crippen LogP contribution in [-0.2, 0) is 16.0 Å². The topological polar surface area (TPSA) is 73.3 Å². The Morgan fingerprint density at radius 2 is 2.00 bits per heavy atom. The Kier molecular flexibility index (Phi) is 8.72. The first-order valence-electron chi connectivity index (χ1n) is 9.28. The summed E-state index contributed by atoms with van der Waals surface area (Å²) in [7, 11) is 3.21. The summed E-state index contributed by atoms with van der Waals surface area (Å²) in [5, 5.41) is 6.43. The Hall–Kier alpha value is -2.13. The van der Waals surface area contributed by atoms with Crippen LogP contribution in [0.4, 0.5) is 8.78 Å². The third-order valence-corrected chi connectivity index (χ3v) is 4.65. The number of methoxy groups -OCH3 is 2. The molecule has 0 aliphatic carbocycles. The number of halogens is 2. The van der Waals surface area contributed by atoms with Crippen molar-refractivity contribution in [3.63, 3.8) is 0 Å². The van der Waals surface area contributed by atoms with E-state index in [1.54, 1.807) is 19.2 Å². The highest BCUT2D eigenvalue weighted by molar-refractivity contribution is 5.79. The molecule has 9 heteroatoms. The molecule has 0 atom stereocenters. The number of nitrogens with one attached hydrogen (secondary N) is 2. The van der Waals surface area contributed by atoms with Gasteiger partial charge < -0.3 is 29.6 Å². The van der Waals surface area contributed by atoms with E-state index in [1.807, 2.05) is 6.92 Å². The number of alkyl halides is 2. The minimum Gasteiger partial charge on any atom is -0.497 e. The molecule has 158 valence electrons. The second-order valence-electron chi connectivity index (χ2n) is 6.40. The number of hydrogen-bond acceptors (Lipinski definition) is 5. The summed E-state index contributed by atoms with van der Waals surface area (Å²) >= 11 is 0. The summed E-state index contributed by atoms with van der Waals surface area (Å²) in [6.45, 7) is 1.73. The minimum absolute atomic E-state index is 0.0770. The fraction of sp³-hybridized carbons (Fsp3) is 0.632. The van der Waals surface area contributed by atoms with Crippen molar-refractivity contribution in [1.82, 2.24) is 10.6 Å². The Labute approximate surface area is 164 Å². The maximum atomic E-state index is 12.7. The van der Waals surface area contributed by atoms with Gasteiger partial charge in [0.15, 0.2) is 5.96 Å². The van der Waals surface area contributed by atoms with Crippen LogP contribution in [0.15, 0.2) is 23.2 Å². The first kappa shape index (κ1) is 22.2. The Morgan fingerprint density at radius 1 is 1.25 bits per heavy atom. The second-order valence-corrected chi connectivity index (χ2v) is 6.40. The van der Waals surface area contributed by atoms with E-state index in [1.165, 1.54) is 13.2 Å². The Balaban J connectivity index is 2.10. The van der Waals surface area contributed by atoms with Gasteiger partial charge >= 0.3 is 6.61 Å². The Morgan fingerprint density at radius 3 is 2.61 bits per heavy atom. The highest BCUT2D eigenvalue weighted by atomic mass is 19.3. The van der Waals surface area contributed by atoms with Gasteiger partial charge in [0.2, 0.25) is 0 Å². The predicted octanol–water partition coefficient (Wildman–Crippen LogP) is 2.55. The third-order valence-electron chi connectivity index (χ3n) is 4.65. The number of hydrogen-bond donors (Lipinski definition) is 2. The summed E-state index contributed by atoms with van der Waals surface area (Å²) in [6.07, 6.45) is 1.58. The van der Waals surface area contributed by atoms with Crippen molar-refractivity contribution in [2.75, 3.05) is 40.5 Å². The van der Waals surface area contributed by atoms with Gasteiger partial charge in [-0.2, -0.15) is 8.78 Å². The third kappa shape index (κ3) is 6.49. The lowest BCUT2D eigenvalue weighted by Crippen LogP contribution is -2.50. The SMILES string of the molecule is CCNC(=NCc1cc(OC)ccc1OC(F)F)NCC1(OC)CCOCC1. The number of nitrogens with zero attached hydrogens (tertiary/aromatic N) is 1. The Bertz CT molecular complexity index is 638. The number of rotatable bonds is 9. The van der Waals surface area contributed by atoms with Crippen LogP contribution in [0.1, 0.15) is 25.3 Å².